The normalized spacial score (nSPS) is 13.9. The third kappa shape index (κ3) is 1.12. The van der Waals surface area contributed by atoms with E-state index >= 15 is 0 Å². The van der Waals surface area contributed by atoms with Gasteiger partial charge in [-0.1, -0.05) is 18.2 Å². The zero-order valence-corrected chi connectivity index (χ0v) is 7.01. The molecule has 0 bridgehead atoms. The zero-order chi connectivity index (χ0) is 8.39. The van der Waals surface area contributed by atoms with E-state index < -0.39 is 0 Å². The van der Waals surface area contributed by atoms with Gasteiger partial charge in [-0.05, 0) is 36.0 Å². The van der Waals surface area contributed by atoms with Crippen LogP contribution in [-0.4, -0.2) is 0 Å². The predicted octanol–water partition coefficient (Wildman–Crippen LogP) is 2.36. The van der Waals surface area contributed by atoms with Crippen molar-refractivity contribution >= 4 is 0 Å². The maximum atomic E-state index is 5.29. The largest absolute Gasteiger partial charge is 0.120 e. The zero-order valence-electron chi connectivity index (χ0n) is 7.01. The van der Waals surface area contributed by atoms with Crippen LogP contribution < -0.4 is 0 Å². The monoisotopic (exact) mass is 155 g/mol. The molecule has 1 aliphatic carbocycles. The summed E-state index contributed by atoms with van der Waals surface area (Å²) >= 11 is 0. The minimum absolute atomic E-state index is 0.775. The fourth-order valence-electron chi connectivity index (χ4n) is 1.80. The van der Waals surface area contributed by atoms with Crippen LogP contribution in [0.25, 0.3) is 0 Å². The Morgan fingerprint density at radius 3 is 3.17 bits per heavy atom. The Kier molecular flexibility index (Phi) is 1.87. The van der Waals surface area contributed by atoms with Gasteiger partial charge in [0.25, 0.3) is 0 Å². The molecule has 0 saturated heterocycles. The van der Waals surface area contributed by atoms with Crippen LogP contribution in [0.5, 0.6) is 0 Å². The molecule has 0 N–H and O–H groups in total. The van der Waals surface area contributed by atoms with Gasteiger partial charge in [-0.15, -0.1) is 12.3 Å². The minimum atomic E-state index is 0.775. The van der Waals surface area contributed by atoms with Crippen LogP contribution in [0.1, 0.15) is 23.1 Å². The number of rotatable bonds is 1. The quantitative estimate of drug-likeness (QED) is 0.546. The third-order valence-corrected chi connectivity index (χ3v) is 2.36. The number of hydrogen-bond acceptors (Lipinski definition) is 0. The van der Waals surface area contributed by atoms with Crippen molar-refractivity contribution in [1.29, 1.82) is 0 Å². The van der Waals surface area contributed by atoms with Crippen LogP contribution in [0.15, 0.2) is 18.2 Å². The summed E-state index contributed by atoms with van der Waals surface area (Å²) in [5.74, 6) is 2.70. The van der Waals surface area contributed by atoms with E-state index in [-0.39, 0.29) is 0 Å². The first-order valence-corrected chi connectivity index (χ1v) is 4.29. The lowest BCUT2D eigenvalue weighted by Gasteiger charge is -2.03. The number of terminal acetylenes is 1. The van der Waals surface area contributed by atoms with E-state index in [9.17, 15) is 0 Å². The topological polar surface area (TPSA) is 0 Å². The standard InChI is InChI=1S/C12H11/c1-2-5-10-6-3-7-11-8-4-9-12(10)11/h1,3,6-8H,4-5,9H2. The van der Waals surface area contributed by atoms with Crippen molar-refractivity contribution in [1.82, 2.24) is 0 Å². The Balaban J connectivity index is 2.44. The summed E-state index contributed by atoms with van der Waals surface area (Å²) < 4.78 is 0. The van der Waals surface area contributed by atoms with E-state index in [1.807, 2.05) is 0 Å². The second-order valence-corrected chi connectivity index (χ2v) is 3.11. The van der Waals surface area contributed by atoms with E-state index in [2.05, 4.69) is 30.5 Å². The molecular formula is C12H11. The Bertz CT molecular complexity index is 328. The molecule has 1 aliphatic rings. The summed E-state index contributed by atoms with van der Waals surface area (Å²) in [7, 11) is 0. The first kappa shape index (κ1) is 7.43. The highest BCUT2D eigenvalue weighted by molar-refractivity contribution is 5.44. The molecule has 1 aromatic rings. The third-order valence-electron chi connectivity index (χ3n) is 2.36. The van der Waals surface area contributed by atoms with Crippen molar-refractivity contribution in [3.63, 3.8) is 0 Å². The molecule has 0 fully saturated rings. The van der Waals surface area contributed by atoms with Gasteiger partial charge in [0, 0.05) is 6.42 Å². The van der Waals surface area contributed by atoms with E-state index in [1.54, 1.807) is 0 Å². The molecule has 0 spiro atoms. The first-order chi connectivity index (χ1) is 5.92. The van der Waals surface area contributed by atoms with Crippen molar-refractivity contribution in [3.8, 4) is 12.3 Å². The van der Waals surface area contributed by atoms with E-state index in [1.165, 1.54) is 29.5 Å². The molecule has 0 heteroatoms. The van der Waals surface area contributed by atoms with Crippen molar-refractivity contribution in [2.24, 2.45) is 0 Å². The fourth-order valence-corrected chi connectivity index (χ4v) is 1.80. The summed E-state index contributed by atoms with van der Waals surface area (Å²) in [6.45, 7) is 0. The first-order valence-electron chi connectivity index (χ1n) is 4.29. The van der Waals surface area contributed by atoms with E-state index in [0.717, 1.165) is 6.42 Å². The Morgan fingerprint density at radius 1 is 1.42 bits per heavy atom. The van der Waals surface area contributed by atoms with Crippen molar-refractivity contribution in [3.05, 3.63) is 41.3 Å². The Hall–Kier alpha value is -1.22. The van der Waals surface area contributed by atoms with Crippen molar-refractivity contribution in [2.45, 2.75) is 19.3 Å². The van der Waals surface area contributed by atoms with E-state index in [0.29, 0.717) is 0 Å². The summed E-state index contributed by atoms with van der Waals surface area (Å²) in [6.07, 6.45) is 10.7. The summed E-state index contributed by atoms with van der Waals surface area (Å²) in [6, 6.07) is 6.40. The summed E-state index contributed by atoms with van der Waals surface area (Å²) in [5.41, 5.74) is 4.20. The van der Waals surface area contributed by atoms with Crippen LogP contribution in [0.2, 0.25) is 0 Å². The van der Waals surface area contributed by atoms with Crippen LogP contribution >= 0.6 is 0 Å². The van der Waals surface area contributed by atoms with Gasteiger partial charge in [0.1, 0.15) is 0 Å². The highest BCUT2D eigenvalue weighted by Crippen LogP contribution is 2.26. The second kappa shape index (κ2) is 3.03. The summed E-state index contributed by atoms with van der Waals surface area (Å²) in [5, 5.41) is 0. The van der Waals surface area contributed by atoms with Crippen molar-refractivity contribution in [2.75, 3.05) is 0 Å². The smallest absolute Gasteiger partial charge is 0.0340 e. The minimum Gasteiger partial charge on any atom is -0.120 e. The average Bonchev–Trinajstić information content (AvgIpc) is 2.53. The lowest BCUT2D eigenvalue weighted by molar-refractivity contribution is 1.02. The molecule has 0 aliphatic heterocycles. The van der Waals surface area contributed by atoms with Gasteiger partial charge in [0.05, 0.1) is 0 Å². The van der Waals surface area contributed by atoms with E-state index in [4.69, 9.17) is 6.42 Å². The number of hydrogen-bond donors (Lipinski definition) is 0. The molecule has 0 amide bonds. The number of benzene rings is 1. The lowest BCUT2D eigenvalue weighted by atomic mass is 10.0. The molecular weight excluding hydrogens is 144 g/mol. The molecule has 0 atom stereocenters. The Labute approximate surface area is 73.6 Å². The maximum Gasteiger partial charge on any atom is 0.0340 e. The molecule has 0 aromatic heterocycles. The predicted molar refractivity (Wildman–Crippen MR) is 50.7 cm³/mol. The van der Waals surface area contributed by atoms with Crippen LogP contribution in [0.4, 0.5) is 0 Å². The molecule has 1 radical (unpaired) electrons. The van der Waals surface area contributed by atoms with Gasteiger partial charge in [-0.25, -0.2) is 0 Å². The Morgan fingerprint density at radius 2 is 2.33 bits per heavy atom. The SMILES string of the molecule is C#CCc1cccc2c1CC[CH]2. The van der Waals surface area contributed by atoms with Crippen LogP contribution in [0, 0.1) is 18.8 Å². The van der Waals surface area contributed by atoms with Gasteiger partial charge in [0.15, 0.2) is 0 Å². The van der Waals surface area contributed by atoms with Crippen molar-refractivity contribution < 1.29 is 0 Å². The number of fused-ring (bicyclic) bond motifs is 1. The lowest BCUT2D eigenvalue weighted by Crippen LogP contribution is -1.90. The highest BCUT2D eigenvalue weighted by Gasteiger charge is 2.13. The fraction of sp³-hybridized carbons (Fsp3) is 0.250. The molecule has 1 aromatic carbocycles. The van der Waals surface area contributed by atoms with Gasteiger partial charge < -0.3 is 0 Å². The summed E-state index contributed by atoms with van der Waals surface area (Å²) in [4.78, 5) is 0. The molecule has 0 nitrogen and oxygen atoms in total. The molecule has 2 rings (SSSR count). The molecule has 59 valence electrons. The van der Waals surface area contributed by atoms with Gasteiger partial charge in [0.2, 0.25) is 0 Å². The average molecular weight is 155 g/mol. The molecule has 0 unspecified atom stereocenters. The molecule has 0 saturated carbocycles. The maximum absolute atomic E-state index is 5.29. The van der Waals surface area contributed by atoms with Crippen LogP contribution in [-0.2, 0) is 12.8 Å². The second-order valence-electron chi connectivity index (χ2n) is 3.11. The molecule has 12 heavy (non-hydrogen) atoms. The highest BCUT2D eigenvalue weighted by atomic mass is 14.2. The van der Waals surface area contributed by atoms with Crippen LogP contribution in [0.3, 0.4) is 0 Å². The van der Waals surface area contributed by atoms with Gasteiger partial charge >= 0.3 is 0 Å². The molecule has 0 heterocycles. The van der Waals surface area contributed by atoms with Gasteiger partial charge in [-0.2, -0.15) is 0 Å². The van der Waals surface area contributed by atoms with Gasteiger partial charge in [-0.3, -0.25) is 0 Å².